The van der Waals surface area contributed by atoms with Gasteiger partial charge in [-0.3, -0.25) is 0 Å². The minimum atomic E-state index is -1.37. The number of carbonyl (C=O) groups is 1. The fraction of sp³-hybridized carbons (Fsp3) is 0.417. The summed E-state index contributed by atoms with van der Waals surface area (Å²) >= 11 is 0. The largest absolute Gasteiger partial charge is 0.478 e. The van der Waals surface area contributed by atoms with Gasteiger partial charge in [-0.05, 0) is 18.1 Å². The zero-order chi connectivity index (χ0) is 13.7. The van der Waals surface area contributed by atoms with Crippen LogP contribution in [-0.2, 0) is 4.74 Å². The summed E-state index contributed by atoms with van der Waals surface area (Å²) in [5, 5.41) is 11.3. The molecule has 18 heavy (non-hydrogen) atoms. The van der Waals surface area contributed by atoms with Crippen LogP contribution in [0.3, 0.4) is 0 Å². The van der Waals surface area contributed by atoms with Crippen molar-refractivity contribution in [3.8, 4) is 0 Å². The lowest BCUT2D eigenvalue weighted by Crippen LogP contribution is -2.17. The molecule has 0 saturated heterocycles. The molecule has 0 spiro atoms. The SMILES string of the molecule is COCC(C)CNc1c(F)cc(C(=O)O)cc1F. The number of methoxy groups -OCH3 is 1. The fourth-order valence-electron chi connectivity index (χ4n) is 1.49. The van der Waals surface area contributed by atoms with Gasteiger partial charge in [0.25, 0.3) is 0 Å². The predicted octanol–water partition coefficient (Wildman–Crippen LogP) is 2.36. The van der Waals surface area contributed by atoms with Gasteiger partial charge in [0.1, 0.15) is 17.3 Å². The van der Waals surface area contributed by atoms with Gasteiger partial charge in [-0.2, -0.15) is 0 Å². The molecular weight excluding hydrogens is 244 g/mol. The van der Waals surface area contributed by atoms with Crippen molar-refractivity contribution in [3.05, 3.63) is 29.3 Å². The van der Waals surface area contributed by atoms with Gasteiger partial charge in [-0.25, -0.2) is 13.6 Å². The standard InChI is InChI=1S/C12H15F2NO3/c1-7(6-18-2)5-15-11-9(13)3-8(12(16)17)4-10(11)14/h3-4,7,15H,5-6H2,1-2H3,(H,16,17). The summed E-state index contributed by atoms with van der Waals surface area (Å²) in [5.74, 6) is -3.13. The summed E-state index contributed by atoms with van der Waals surface area (Å²) in [6, 6.07) is 1.57. The van der Waals surface area contributed by atoms with Crippen molar-refractivity contribution in [2.75, 3.05) is 25.6 Å². The number of ether oxygens (including phenoxy) is 1. The third-order valence-corrected chi connectivity index (χ3v) is 2.37. The number of anilines is 1. The maximum absolute atomic E-state index is 13.5. The number of hydrogen-bond acceptors (Lipinski definition) is 3. The van der Waals surface area contributed by atoms with Crippen molar-refractivity contribution in [1.82, 2.24) is 0 Å². The summed E-state index contributed by atoms with van der Waals surface area (Å²) in [6.45, 7) is 2.65. The highest BCUT2D eigenvalue weighted by atomic mass is 19.1. The first-order chi connectivity index (χ1) is 8.45. The van der Waals surface area contributed by atoms with Crippen LogP contribution in [-0.4, -0.2) is 31.3 Å². The second kappa shape index (κ2) is 6.30. The number of hydrogen-bond donors (Lipinski definition) is 2. The van der Waals surface area contributed by atoms with Gasteiger partial charge in [-0.15, -0.1) is 0 Å². The normalized spacial score (nSPS) is 12.2. The first-order valence-corrected chi connectivity index (χ1v) is 5.40. The Balaban J connectivity index is 2.81. The highest BCUT2D eigenvalue weighted by molar-refractivity contribution is 5.88. The van der Waals surface area contributed by atoms with Crippen LogP contribution in [0, 0.1) is 17.6 Å². The maximum Gasteiger partial charge on any atom is 0.335 e. The molecule has 0 amide bonds. The monoisotopic (exact) mass is 259 g/mol. The lowest BCUT2D eigenvalue weighted by molar-refractivity contribution is 0.0696. The van der Waals surface area contributed by atoms with Crippen LogP contribution < -0.4 is 5.32 Å². The van der Waals surface area contributed by atoms with Crippen molar-refractivity contribution in [2.24, 2.45) is 5.92 Å². The van der Waals surface area contributed by atoms with E-state index < -0.39 is 23.2 Å². The number of aromatic carboxylic acids is 1. The molecule has 0 saturated carbocycles. The molecule has 1 rings (SSSR count). The molecule has 4 nitrogen and oxygen atoms in total. The molecule has 0 aliphatic rings. The molecule has 1 unspecified atom stereocenters. The van der Waals surface area contributed by atoms with Gasteiger partial charge in [0.15, 0.2) is 0 Å². The smallest absolute Gasteiger partial charge is 0.335 e. The summed E-state index contributed by atoms with van der Waals surface area (Å²) in [4.78, 5) is 10.6. The Morgan fingerprint density at radius 3 is 2.44 bits per heavy atom. The topological polar surface area (TPSA) is 58.6 Å². The first-order valence-electron chi connectivity index (χ1n) is 5.40. The Morgan fingerprint density at radius 1 is 1.44 bits per heavy atom. The highest BCUT2D eigenvalue weighted by Crippen LogP contribution is 2.21. The van der Waals surface area contributed by atoms with Crippen molar-refractivity contribution in [2.45, 2.75) is 6.92 Å². The second-order valence-electron chi connectivity index (χ2n) is 4.06. The van der Waals surface area contributed by atoms with E-state index in [1.807, 2.05) is 6.92 Å². The molecule has 0 bridgehead atoms. The number of halogens is 2. The maximum atomic E-state index is 13.5. The zero-order valence-corrected chi connectivity index (χ0v) is 10.2. The highest BCUT2D eigenvalue weighted by Gasteiger charge is 2.15. The van der Waals surface area contributed by atoms with Gasteiger partial charge in [0.2, 0.25) is 0 Å². The van der Waals surface area contributed by atoms with Crippen LogP contribution in [0.25, 0.3) is 0 Å². The van der Waals surface area contributed by atoms with Crippen LogP contribution in [0.1, 0.15) is 17.3 Å². The molecule has 0 aromatic heterocycles. The van der Waals surface area contributed by atoms with Gasteiger partial charge in [-0.1, -0.05) is 6.92 Å². The predicted molar refractivity (Wildman–Crippen MR) is 62.8 cm³/mol. The molecule has 0 fully saturated rings. The molecule has 0 aliphatic heterocycles. The summed E-state index contributed by atoms with van der Waals surface area (Å²) in [7, 11) is 1.54. The van der Waals surface area contributed by atoms with Gasteiger partial charge in [0, 0.05) is 13.7 Å². The Labute approximate surface area is 104 Å². The summed E-state index contributed by atoms with van der Waals surface area (Å²) in [6.07, 6.45) is 0. The molecule has 2 N–H and O–H groups in total. The lowest BCUT2D eigenvalue weighted by atomic mass is 10.1. The molecule has 0 radical (unpaired) electrons. The molecule has 0 heterocycles. The van der Waals surface area contributed by atoms with Crippen LogP contribution in [0.2, 0.25) is 0 Å². The van der Waals surface area contributed by atoms with Crippen LogP contribution in [0.5, 0.6) is 0 Å². The lowest BCUT2D eigenvalue weighted by Gasteiger charge is -2.14. The fourth-order valence-corrected chi connectivity index (χ4v) is 1.49. The number of nitrogens with one attached hydrogen (secondary N) is 1. The van der Waals surface area contributed by atoms with Gasteiger partial charge >= 0.3 is 5.97 Å². The van der Waals surface area contributed by atoms with E-state index in [1.165, 1.54) is 0 Å². The number of benzene rings is 1. The molecule has 1 atom stereocenters. The first kappa shape index (κ1) is 14.4. The van der Waals surface area contributed by atoms with E-state index in [-0.39, 0.29) is 11.6 Å². The minimum Gasteiger partial charge on any atom is -0.478 e. The van der Waals surface area contributed by atoms with E-state index in [4.69, 9.17) is 9.84 Å². The van der Waals surface area contributed by atoms with E-state index in [0.717, 1.165) is 12.1 Å². The second-order valence-corrected chi connectivity index (χ2v) is 4.06. The molecule has 1 aromatic rings. The number of carboxylic acids is 1. The number of rotatable bonds is 6. The molecule has 6 heteroatoms. The van der Waals surface area contributed by atoms with Crippen molar-refractivity contribution < 1.29 is 23.4 Å². The Hall–Kier alpha value is -1.69. The summed E-state index contributed by atoms with van der Waals surface area (Å²) < 4.78 is 31.9. The quantitative estimate of drug-likeness (QED) is 0.823. The molecule has 1 aromatic carbocycles. The molecular formula is C12H15F2NO3. The third-order valence-electron chi connectivity index (χ3n) is 2.37. The van der Waals surface area contributed by atoms with Crippen LogP contribution in [0.4, 0.5) is 14.5 Å². The van der Waals surface area contributed by atoms with Gasteiger partial charge in [0.05, 0.1) is 12.2 Å². The third kappa shape index (κ3) is 3.66. The average molecular weight is 259 g/mol. The van der Waals surface area contributed by atoms with E-state index in [1.54, 1.807) is 7.11 Å². The summed E-state index contributed by atoms with van der Waals surface area (Å²) in [5.41, 5.74) is -0.733. The van der Waals surface area contributed by atoms with Crippen molar-refractivity contribution >= 4 is 11.7 Å². The van der Waals surface area contributed by atoms with Gasteiger partial charge < -0.3 is 15.2 Å². The Morgan fingerprint density at radius 2 is 2.00 bits per heavy atom. The number of carboxylic acid groups (broad SMARTS) is 1. The van der Waals surface area contributed by atoms with E-state index >= 15 is 0 Å². The minimum absolute atomic E-state index is 0.0768. The van der Waals surface area contributed by atoms with Crippen LogP contribution >= 0.6 is 0 Å². The van der Waals surface area contributed by atoms with Crippen molar-refractivity contribution in [3.63, 3.8) is 0 Å². The Kier molecular flexibility index (Phi) is 5.03. The average Bonchev–Trinajstić information content (AvgIpc) is 2.27. The van der Waals surface area contributed by atoms with E-state index in [2.05, 4.69) is 5.32 Å². The molecule has 0 aliphatic carbocycles. The Bertz CT molecular complexity index is 414. The van der Waals surface area contributed by atoms with Crippen molar-refractivity contribution in [1.29, 1.82) is 0 Å². The van der Waals surface area contributed by atoms with E-state index in [0.29, 0.717) is 13.2 Å². The van der Waals surface area contributed by atoms with E-state index in [9.17, 15) is 13.6 Å². The molecule has 100 valence electrons. The zero-order valence-electron chi connectivity index (χ0n) is 10.2. The van der Waals surface area contributed by atoms with Crippen LogP contribution in [0.15, 0.2) is 12.1 Å².